The summed E-state index contributed by atoms with van der Waals surface area (Å²) < 4.78 is 35.9. The Hall–Kier alpha value is -3.38. The van der Waals surface area contributed by atoms with Crippen molar-refractivity contribution in [1.29, 1.82) is 0 Å². The zero-order chi connectivity index (χ0) is 29.9. The zero-order valence-electron chi connectivity index (χ0n) is 23.4. The molecule has 0 aliphatic rings. The summed E-state index contributed by atoms with van der Waals surface area (Å²) in [6.45, 7) is 6.18. The first-order valence-electron chi connectivity index (χ1n) is 12.8. The van der Waals surface area contributed by atoms with E-state index in [0.29, 0.717) is 11.6 Å². The van der Waals surface area contributed by atoms with Crippen molar-refractivity contribution in [1.82, 2.24) is 19.7 Å². The lowest BCUT2D eigenvalue weighted by Gasteiger charge is -2.26. The maximum atomic E-state index is 13.8. The van der Waals surface area contributed by atoms with Crippen molar-refractivity contribution in [3.05, 3.63) is 70.8 Å². The van der Waals surface area contributed by atoms with Crippen molar-refractivity contribution >= 4 is 61.6 Å². The Kier molecular flexibility index (Phi) is 9.13. The maximum Gasteiger partial charge on any atom is 0.327 e. The second-order valence-electron chi connectivity index (χ2n) is 10.6. The van der Waals surface area contributed by atoms with Crippen LogP contribution in [0.2, 0.25) is 10.0 Å². The van der Waals surface area contributed by atoms with Gasteiger partial charge in [-0.05, 0) is 89.5 Å². The van der Waals surface area contributed by atoms with Gasteiger partial charge in [-0.1, -0.05) is 23.2 Å². The normalized spacial score (nSPS) is 12.1. The summed E-state index contributed by atoms with van der Waals surface area (Å²) in [6, 6.07) is 14.6. The molecule has 0 bridgehead atoms. The highest BCUT2D eigenvalue weighted by atomic mass is 35.5. The van der Waals surface area contributed by atoms with E-state index in [-0.39, 0.29) is 20.6 Å². The van der Waals surface area contributed by atoms with Crippen LogP contribution in [0.25, 0.3) is 16.7 Å². The molecule has 0 saturated carbocycles. The topological polar surface area (TPSA) is 110 Å². The molecule has 13 heteroatoms. The van der Waals surface area contributed by atoms with Crippen LogP contribution in [0.15, 0.2) is 65.7 Å². The van der Waals surface area contributed by atoms with Gasteiger partial charge in [0.1, 0.15) is 18.0 Å². The van der Waals surface area contributed by atoms with Crippen molar-refractivity contribution < 1.29 is 17.9 Å². The Morgan fingerprint density at radius 3 is 2.32 bits per heavy atom. The molecule has 41 heavy (non-hydrogen) atoms. The van der Waals surface area contributed by atoms with Crippen LogP contribution in [-0.2, 0) is 19.6 Å². The van der Waals surface area contributed by atoms with Gasteiger partial charge in [0.05, 0.1) is 16.1 Å². The van der Waals surface area contributed by atoms with E-state index < -0.39 is 28.1 Å². The SMILES string of the molecule is CN(C)CCNc1ccc(-n2ccc3cc(N(CC(=O)OC(C)(C)C)S(=O)(=O)c4cc(Cl)cc(Cl)c4)ccc32)nn1. The summed E-state index contributed by atoms with van der Waals surface area (Å²) in [7, 11) is -0.261. The predicted octanol–water partition coefficient (Wildman–Crippen LogP) is 5.24. The molecular formula is C28H32Cl2N6O4S. The standard InChI is InChI=1S/C28H32Cl2N6O4S/c1-28(2,3)40-27(37)18-36(41(38,39)23-16-20(29)15-21(30)17-23)22-6-7-24-19(14-22)10-12-35(24)26-9-8-25(32-33-26)31-11-13-34(4)5/h6-10,12,14-17H,11,13,18H2,1-5H3,(H,31,32). The Morgan fingerprint density at radius 1 is 1.00 bits per heavy atom. The molecular weight excluding hydrogens is 587 g/mol. The first-order valence-corrected chi connectivity index (χ1v) is 15.0. The van der Waals surface area contributed by atoms with Crippen molar-refractivity contribution in [3.8, 4) is 5.82 Å². The fourth-order valence-corrected chi connectivity index (χ4v) is 6.18. The molecule has 10 nitrogen and oxygen atoms in total. The van der Waals surface area contributed by atoms with Gasteiger partial charge in [-0.25, -0.2) is 8.42 Å². The van der Waals surface area contributed by atoms with Crippen molar-refractivity contribution in [2.45, 2.75) is 31.3 Å². The monoisotopic (exact) mass is 618 g/mol. The van der Waals surface area contributed by atoms with E-state index >= 15 is 0 Å². The van der Waals surface area contributed by atoms with Gasteiger partial charge in [-0.15, -0.1) is 10.2 Å². The molecule has 0 unspecified atom stereocenters. The number of ether oxygens (including phenoxy) is 1. The molecule has 4 aromatic rings. The molecule has 2 aromatic carbocycles. The van der Waals surface area contributed by atoms with Crippen LogP contribution in [0, 0.1) is 0 Å². The number of hydrogen-bond acceptors (Lipinski definition) is 8. The van der Waals surface area contributed by atoms with Crippen molar-refractivity contribution in [2.75, 3.05) is 43.4 Å². The number of carbonyl (C=O) groups is 1. The van der Waals surface area contributed by atoms with Crippen molar-refractivity contribution in [2.24, 2.45) is 0 Å². The van der Waals surface area contributed by atoms with Crippen LogP contribution in [0.4, 0.5) is 11.5 Å². The number of anilines is 2. The van der Waals surface area contributed by atoms with Gasteiger partial charge in [-0.2, -0.15) is 0 Å². The number of esters is 1. The fourth-order valence-electron chi connectivity index (χ4n) is 4.05. The number of hydrogen-bond donors (Lipinski definition) is 1. The molecule has 0 aliphatic heterocycles. The van der Waals surface area contributed by atoms with E-state index in [1.54, 1.807) is 39.0 Å². The number of fused-ring (bicyclic) bond motifs is 1. The van der Waals surface area contributed by atoms with Gasteiger partial charge in [0.2, 0.25) is 0 Å². The third-order valence-corrected chi connectivity index (χ3v) is 8.03. The second-order valence-corrected chi connectivity index (χ2v) is 13.4. The Bertz CT molecular complexity index is 1630. The third-order valence-electron chi connectivity index (χ3n) is 5.84. The van der Waals surface area contributed by atoms with Gasteiger partial charge >= 0.3 is 5.97 Å². The van der Waals surface area contributed by atoms with E-state index in [0.717, 1.165) is 28.3 Å². The molecule has 4 rings (SSSR count). The zero-order valence-corrected chi connectivity index (χ0v) is 25.8. The number of sulfonamides is 1. The Balaban J connectivity index is 1.68. The number of halogens is 2. The summed E-state index contributed by atoms with van der Waals surface area (Å²) in [5.74, 6) is 0.553. The highest BCUT2D eigenvalue weighted by Gasteiger charge is 2.30. The highest BCUT2D eigenvalue weighted by Crippen LogP contribution is 2.31. The number of nitrogens with one attached hydrogen (secondary N) is 1. The summed E-state index contributed by atoms with van der Waals surface area (Å²) in [4.78, 5) is 14.7. The van der Waals surface area contributed by atoms with Gasteiger partial charge < -0.3 is 15.0 Å². The number of aromatic nitrogens is 3. The predicted molar refractivity (Wildman–Crippen MR) is 163 cm³/mol. The number of benzene rings is 2. The maximum absolute atomic E-state index is 13.8. The van der Waals surface area contributed by atoms with Gasteiger partial charge in [-0.3, -0.25) is 13.7 Å². The Morgan fingerprint density at radius 2 is 1.71 bits per heavy atom. The summed E-state index contributed by atoms with van der Waals surface area (Å²) in [6.07, 6.45) is 1.82. The van der Waals surface area contributed by atoms with Gasteiger partial charge in [0, 0.05) is 34.7 Å². The quantitative estimate of drug-likeness (QED) is 0.240. The molecule has 0 saturated heterocycles. The molecule has 0 atom stereocenters. The van der Waals surface area contributed by atoms with Crippen LogP contribution in [0.3, 0.4) is 0 Å². The average Bonchev–Trinajstić information content (AvgIpc) is 3.29. The summed E-state index contributed by atoms with van der Waals surface area (Å²) in [5, 5.41) is 12.9. The minimum Gasteiger partial charge on any atom is -0.459 e. The second kappa shape index (κ2) is 12.2. The lowest BCUT2D eigenvalue weighted by molar-refractivity contribution is -0.152. The average molecular weight is 620 g/mol. The molecule has 218 valence electrons. The molecule has 2 aromatic heterocycles. The molecule has 0 aliphatic carbocycles. The largest absolute Gasteiger partial charge is 0.459 e. The first-order chi connectivity index (χ1) is 19.2. The van der Waals surface area contributed by atoms with Crippen LogP contribution in [0.5, 0.6) is 0 Å². The summed E-state index contributed by atoms with van der Waals surface area (Å²) in [5.41, 5.74) is 0.242. The molecule has 1 N–H and O–H groups in total. The number of nitrogens with zero attached hydrogens (tertiary/aromatic N) is 5. The van der Waals surface area contributed by atoms with Gasteiger partial charge in [0.25, 0.3) is 10.0 Å². The molecule has 2 heterocycles. The summed E-state index contributed by atoms with van der Waals surface area (Å²) >= 11 is 12.2. The minimum absolute atomic E-state index is 0.147. The number of rotatable bonds is 10. The lowest BCUT2D eigenvalue weighted by Crippen LogP contribution is -2.39. The van der Waals surface area contributed by atoms with Crippen LogP contribution < -0.4 is 9.62 Å². The first kappa shape index (κ1) is 30.6. The van der Waals surface area contributed by atoms with Crippen molar-refractivity contribution in [3.63, 3.8) is 0 Å². The van der Waals surface area contributed by atoms with E-state index in [1.165, 1.54) is 18.2 Å². The smallest absolute Gasteiger partial charge is 0.327 e. The molecule has 0 radical (unpaired) electrons. The molecule has 0 amide bonds. The number of likely N-dealkylation sites (N-methyl/N-ethyl adjacent to an activating group) is 1. The van der Waals surface area contributed by atoms with E-state index in [2.05, 4.69) is 20.4 Å². The molecule has 0 spiro atoms. The highest BCUT2D eigenvalue weighted by molar-refractivity contribution is 7.92. The van der Waals surface area contributed by atoms with Crippen LogP contribution in [-0.4, -0.2) is 73.4 Å². The minimum atomic E-state index is -4.26. The van der Waals surface area contributed by atoms with Gasteiger partial charge in [0.15, 0.2) is 5.82 Å². The number of carbonyl (C=O) groups excluding carboxylic acids is 1. The van der Waals surface area contributed by atoms with E-state index in [1.807, 2.05) is 43.1 Å². The van der Waals surface area contributed by atoms with Crippen LogP contribution in [0.1, 0.15) is 20.8 Å². The molecule has 0 fully saturated rings. The van der Waals surface area contributed by atoms with Crippen LogP contribution >= 0.6 is 23.2 Å². The lowest BCUT2D eigenvalue weighted by atomic mass is 10.2. The third kappa shape index (κ3) is 7.68. The fraction of sp³-hybridized carbons (Fsp3) is 0.321. The Labute approximate surface area is 249 Å². The van der Waals surface area contributed by atoms with E-state index in [9.17, 15) is 13.2 Å². The van der Waals surface area contributed by atoms with E-state index in [4.69, 9.17) is 27.9 Å².